The summed E-state index contributed by atoms with van der Waals surface area (Å²) in [6.07, 6.45) is 1.52. The molecule has 116 valence electrons. The number of halogens is 2. The monoisotopic (exact) mass is 345 g/mol. The Morgan fingerprint density at radius 2 is 1.83 bits per heavy atom. The van der Waals surface area contributed by atoms with Gasteiger partial charge in [0.2, 0.25) is 5.95 Å². The molecule has 2 N–H and O–H groups in total. The lowest BCUT2D eigenvalue weighted by atomic mass is 10.2. The average Bonchev–Trinajstić information content (AvgIpc) is 2.58. The SMILES string of the molecule is Clc1ccc(Cl)c(Nc2cnnc(NCc3ccccc3)n2)c1. The van der Waals surface area contributed by atoms with E-state index in [0.717, 1.165) is 5.56 Å². The maximum absolute atomic E-state index is 6.13. The molecule has 3 rings (SSSR count). The van der Waals surface area contributed by atoms with Crippen LogP contribution in [0.1, 0.15) is 5.56 Å². The molecule has 1 heterocycles. The van der Waals surface area contributed by atoms with Crippen LogP contribution in [-0.2, 0) is 6.54 Å². The van der Waals surface area contributed by atoms with E-state index in [1.807, 2.05) is 30.3 Å². The first-order valence-corrected chi connectivity index (χ1v) is 7.66. The van der Waals surface area contributed by atoms with Crippen LogP contribution in [0, 0.1) is 0 Å². The van der Waals surface area contributed by atoms with E-state index in [0.29, 0.717) is 34.0 Å². The summed E-state index contributed by atoms with van der Waals surface area (Å²) < 4.78 is 0. The molecule has 0 saturated carbocycles. The van der Waals surface area contributed by atoms with E-state index in [2.05, 4.69) is 25.8 Å². The number of anilines is 3. The number of benzene rings is 2. The first-order valence-electron chi connectivity index (χ1n) is 6.90. The highest BCUT2D eigenvalue weighted by molar-refractivity contribution is 6.35. The van der Waals surface area contributed by atoms with Gasteiger partial charge in [-0.3, -0.25) is 0 Å². The largest absolute Gasteiger partial charge is 0.349 e. The number of aromatic nitrogens is 3. The smallest absolute Gasteiger partial charge is 0.244 e. The molecule has 0 aliphatic rings. The molecule has 0 radical (unpaired) electrons. The van der Waals surface area contributed by atoms with Gasteiger partial charge in [-0.2, -0.15) is 10.1 Å². The van der Waals surface area contributed by atoms with E-state index >= 15 is 0 Å². The summed E-state index contributed by atoms with van der Waals surface area (Å²) in [5.74, 6) is 0.955. The molecule has 7 heteroatoms. The van der Waals surface area contributed by atoms with Gasteiger partial charge in [0.15, 0.2) is 5.82 Å². The van der Waals surface area contributed by atoms with Crippen LogP contribution >= 0.6 is 23.2 Å². The summed E-state index contributed by atoms with van der Waals surface area (Å²) in [6, 6.07) is 15.1. The zero-order chi connectivity index (χ0) is 16.1. The minimum atomic E-state index is 0.428. The number of nitrogens with one attached hydrogen (secondary N) is 2. The quantitative estimate of drug-likeness (QED) is 0.710. The fourth-order valence-corrected chi connectivity index (χ4v) is 2.28. The molecule has 0 spiro atoms. The van der Waals surface area contributed by atoms with Crippen LogP contribution in [0.15, 0.2) is 54.7 Å². The zero-order valence-electron chi connectivity index (χ0n) is 12.0. The second-order valence-electron chi connectivity index (χ2n) is 4.75. The molecule has 0 atom stereocenters. The molecular formula is C16H13Cl2N5. The number of nitrogens with zero attached hydrogens (tertiary/aromatic N) is 3. The van der Waals surface area contributed by atoms with E-state index in [1.54, 1.807) is 18.2 Å². The van der Waals surface area contributed by atoms with Gasteiger partial charge < -0.3 is 10.6 Å². The van der Waals surface area contributed by atoms with E-state index < -0.39 is 0 Å². The highest BCUT2D eigenvalue weighted by Crippen LogP contribution is 2.27. The maximum Gasteiger partial charge on any atom is 0.244 e. The Labute approximate surface area is 143 Å². The summed E-state index contributed by atoms with van der Waals surface area (Å²) in [7, 11) is 0. The molecule has 5 nitrogen and oxygen atoms in total. The van der Waals surface area contributed by atoms with Crippen molar-refractivity contribution in [2.45, 2.75) is 6.54 Å². The molecule has 0 aliphatic heterocycles. The first kappa shape index (κ1) is 15.5. The molecule has 2 aromatic carbocycles. The van der Waals surface area contributed by atoms with Crippen molar-refractivity contribution in [1.82, 2.24) is 15.2 Å². The second-order valence-corrected chi connectivity index (χ2v) is 5.60. The summed E-state index contributed by atoms with van der Waals surface area (Å²) in [4.78, 5) is 4.36. The number of hydrogen-bond acceptors (Lipinski definition) is 5. The van der Waals surface area contributed by atoms with Gasteiger partial charge in [0.25, 0.3) is 0 Å². The second kappa shape index (κ2) is 7.26. The van der Waals surface area contributed by atoms with Crippen molar-refractivity contribution in [2.24, 2.45) is 0 Å². The van der Waals surface area contributed by atoms with Gasteiger partial charge in [-0.15, -0.1) is 5.10 Å². The van der Waals surface area contributed by atoms with Gasteiger partial charge in [-0.1, -0.05) is 53.5 Å². The van der Waals surface area contributed by atoms with E-state index in [4.69, 9.17) is 23.2 Å². The fraction of sp³-hybridized carbons (Fsp3) is 0.0625. The Kier molecular flexibility index (Phi) is 4.90. The zero-order valence-corrected chi connectivity index (χ0v) is 13.5. The van der Waals surface area contributed by atoms with Gasteiger partial charge in [0, 0.05) is 11.6 Å². The van der Waals surface area contributed by atoms with Crippen molar-refractivity contribution in [1.29, 1.82) is 0 Å². The molecule has 0 fully saturated rings. The van der Waals surface area contributed by atoms with Gasteiger partial charge in [-0.25, -0.2) is 0 Å². The Balaban J connectivity index is 1.71. The van der Waals surface area contributed by atoms with Gasteiger partial charge >= 0.3 is 0 Å². The molecular weight excluding hydrogens is 333 g/mol. The summed E-state index contributed by atoms with van der Waals surface area (Å²) in [5, 5.41) is 15.2. The average molecular weight is 346 g/mol. The van der Waals surface area contributed by atoms with E-state index in [9.17, 15) is 0 Å². The Morgan fingerprint density at radius 1 is 1.00 bits per heavy atom. The van der Waals surface area contributed by atoms with Gasteiger partial charge in [0.05, 0.1) is 16.9 Å². The minimum Gasteiger partial charge on any atom is -0.349 e. The van der Waals surface area contributed by atoms with Crippen molar-refractivity contribution >= 4 is 40.7 Å². The highest BCUT2D eigenvalue weighted by Gasteiger charge is 2.05. The molecule has 0 saturated heterocycles. The third-order valence-corrected chi connectivity index (χ3v) is 3.61. The predicted molar refractivity (Wildman–Crippen MR) is 93.3 cm³/mol. The van der Waals surface area contributed by atoms with E-state index in [1.165, 1.54) is 6.20 Å². The van der Waals surface area contributed by atoms with Crippen LogP contribution in [0.2, 0.25) is 10.0 Å². The summed E-state index contributed by atoms with van der Waals surface area (Å²) in [5.41, 5.74) is 1.79. The Morgan fingerprint density at radius 3 is 2.65 bits per heavy atom. The van der Waals surface area contributed by atoms with Crippen LogP contribution in [0.3, 0.4) is 0 Å². The Hall–Kier alpha value is -2.37. The minimum absolute atomic E-state index is 0.428. The molecule has 0 bridgehead atoms. The lowest BCUT2D eigenvalue weighted by Crippen LogP contribution is -2.06. The highest BCUT2D eigenvalue weighted by atomic mass is 35.5. The lowest BCUT2D eigenvalue weighted by Gasteiger charge is -2.09. The molecule has 0 amide bonds. The normalized spacial score (nSPS) is 10.3. The molecule has 0 unspecified atom stereocenters. The maximum atomic E-state index is 6.13. The van der Waals surface area contributed by atoms with Gasteiger partial charge in [0.1, 0.15) is 0 Å². The van der Waals surface area contributed by atoms with Crippen molar-refractivity contribution in [3.05, 3.63) is 70.3 Å². The van der Waals surface area contributed by atoms with Crippen molar-refractivity contribution in [3.8, 4) is 0 Å². The molecule has 3 aromatic rings. The third-order valence-electron chi connectivity index (χ3n) is 3.04. The van der Waals surface area contributed by atoms with Crippen LogP contribution in [-0.4, -0.2) is 15.2 Å². The van der Waals surface area contributed by atoms with Crippen LogP contribution in [0.25, 0.3) is 0 Å². The first-order chi connectivity index (χ1) is 11.2. The van der Waals surface area contributed by atoms with Crippen LogP contribution in [0.5, 0.6) is 0 Å². The number of rotatable bonds is 5. The van der Waals surface area contributed by atoms with Crippen molar-refractivity contribution in [3.63, 3.8) is 0 Å². The van der Waals surface area contributed by atoms with Crippen molar-refractivity contribution in [2.75, 3.05) is 10.6 Å². The Bertz CT molecular complexity index is 795. The molecule has 0 aliphatic carbocycles. The fourth-order valence-electron chi connectivity index (χ4n) is 1.95. The summed E-state index contributed by atoms with van der Waals surface area (Å²) >= 11 is 12.1. The standard InChI is InChI=1S/C16H13Cl2N5/c17-12-6-7-13(18)14(8-12)21-15-10-20-23-16(22-15)19-9-11-4-2-1-3-5-11/h1-8,10H,9H2,(H2,19,21,22,23). The molecule has 23 heavy (non-hydrogen) atoms. The lowest BCUT2D eigenvalue weighted by molar-refractivity contribution is 0.949. The van der Waals surface area contributed by atoms with Crippen LogP contribution < -0.4 is 10.6 Å². The van der Waals surface area contributed by atoms with Crippen LogP contribution in [0.4, 0.5) is 17.5 Å². The molecule has 1 aromatic heterocycles. The number of hydrogen-bond donors (Lipinski definition) is 2. The van der Waals surface area contributed by atoms with Crippen molar-refractivity contribution < 1.29 is 0 Å². The third kappa shape index (κ3) is 4.31. The van der Waals surface area contributed by atoms with Gasteiger partial charge in [-0.05, 0) is 23.8 Å². The van der Waals surface area contributed by atoms with E-state index in [-0.39, 0.29) is 0 Å². The topological polar surface area (TPSA) is 62.7 Å². The predicted octanol–water partition coefficient (Wildman–Crippen LogP) is 4.53. The summed E-state index contributed by atoms with van der Waals surface area (Å²) in [6.45, 7) is 0.615.